The van der Waals surface area contributed by atoms with Crippen LogP contribution in [0.1, 0.15) is 32.6 Å². The highest BCUT2D eigenvalue weighted by Crippen LogP contribution is 2.17. The van der Waals surface area contributed by atoms with Gasteiger partial charge in [0, 0.05) is 25.3 Å². The van der Waals surface area contributed by atoms with E-state index in [0.29, 0.717) is 11.1 Å². The van der Waals surface area contributed by atoms with Crippen molar-refractivity contribution in [2.75, 3.05) is 25.6 Å². The summed E-state index contributed by atoms with van der Waals surface area (Å²) in [6.07, 6.45) is 1.45. The van der Waals surface area contributed by atoms with Crippen LogP contribution in [-0.4, -0.2) is 32.5 Å². The van der Waals surface area contributed by atoms with Crippen LogP contribution >= 0.6 is 0 Å². The smallest absolute Gasteiger partial charge is 0.349 e. The number of hydrogen-bond donors (Lipinski definition) is 0. The van der Waals surface area contributed by atoms with Gasteiger partial charge in [0.25, 0.3) is 0 Å². The molecule has 0 heterocycles. The molecule has 0 bridgehead atoms. The molecular weight excluding hydrogens is 352 g/mol. The molecule has 0 aromatic heterocycles. The molecule has 0 N–H and O–H groups in total. The number of nitriles is 1. The first kappa shape index (κ1) is 20.9. The molecule has 5 nitrogen and oxygen atoms in total. The molecule has 28 heavy (non-hydrogen) atoms. The Morgan fingerprint density at radius 3 is 2.21 bits per heavy atom. The zero-order chi connectivity index (χ0) is 20.8. The monoisotopic (exact) mass is 376 g/mol. The van der Waals surface area contributed by atoms with Gasteiger partial charge in [0.05, 0.1) is 0 Å². The standard InChI is InChI=1S/C23H24N2O3/c1-15-10-17(3)21(11-16(15)2)22(26)14-28-23(27)19(13-24)12-18-6-8-20(9-7-18)25(4)5/h6-12H,14H2,1-5H3/b19-12-. The number of ketones is 1. The zero-order valence-electron chi connectivity index (χ0n) is 16.9. The van der Waals surface area contributed by atoms with Crippen molar-refractivity contribution < 1.29 is 14.3 Å². The van der Waals surface area contributed by atoms with Crippen molar-refractivity contribution in [2.24, 2.45) is 0 Å². The molecule has 0 amide bonds. The minimum atomic E-state index is -0.811. The summed E-state index contributed by atoms with van der Waals surface area (Å²) >= 11 is 0. The number of benzene rings is 2. The first-order valence-corrected chi connectivity index (χ1v) is 8.90. The molecule has 5 heteroatoms. The van der Waals surface area contributed by atoms with Crippen molar-refractivity contribution in [1.29, 1.82) is 5.26 Å². The molecule has 0 atom stereocenters. The first-order chi connectivity index (χ1) is 13.2. The predicted octanol–water partition coefficient (Wildman–Crippen LogP) is 4.01. The number of Topliss-reactive ketones (excluding diaryl/α,β-unsaturated/α-hetero) is 1. The molecule has 0 saturated carbocycles. The fraction of sp³-hybridized carbons (Fsp3) is 0.261. The van der Waals surface area contributed by atoms with Gasteiger partial charge in [0.15, 0.2) is 6.61 Å². The highest BCUT2D eigenvalue weighted by atomic mass is 16.5. The van der Waals surface area contributed by atoms with E-state index in [9.17, 15) is 14.9 Å². The van der Waals surface area contributed by atoms with E-state index in [1.54, 1.807) is 6.07 Å². The van der Waals surface area contributed by atoms with Crippen LogP contribution < -0.4 is 4.90 Å². The summed E-state index contributed by atoms with van der Waals surface area (Å²) in [5, 5.41) is 9.28. The maximum absolute atomic E-state index is 12.4. The molecule has 0 aliphatic heterocycles. The van der Waals surface area contributed by atoms with Gasteiger partial charge in [-0.1, -0.05) is 18.2 Å². The van der Waals surface area contributed by atoms with E-state index in [1.807, 2.05) is 76.2 Å². The number of hydrogen-bond acceptors (Lipinski definition) is 5. The molecule has 0 aliphatic carbocycles. The van der Waals surface area contributed by atoms with E-state index in [-0.39, 0.29) is 11.4 Å². The Hall–Kier alpha value is -3.39. The fourth-order valence-corrected chi connectivity index (χ4v) is 2.72. The van der Waals surface area contributed by atoms with Gasteiger partial charge in [-0.2, -0.15) is 5.26 Å². The third-order valence-electron chi connectivity index (χ3n) is 4.54. The summed E-state index contributed by atoms with van der Waals surface area (Å²) < 4.78 is 5.08. The number of esters is 1. The molecule has 2 rings (SSSR count). The van der Waals surface area contributed by atoms with Crippen LogP contribution in [0.4, 0.5) is 5.69 Å². The number of anilines is 1. The molecule has 0 aliphatic rings. The lowest BCUT2D eigenvalue weighted by atomic mass is 9.98. The van der Waals surface area contributed by atoms with Crippen LogP contribution in [0.5, 0.6) is 0 Å². The van der Waals surface area contributed by atoms with E-state index in [2.05, 4.69) is 0 Å². The second-order valence-corrected chi connectivity index (χ2v) is 6.91. The molecule has 0 unspecified atom stereocenters. The highest BCUT2D eigenvalue weighted by Gasteiger charge is 2.16. The number of aryl methyl sites for hydroxylation is 3. The summed E-state index contributed by atoms with van der Waals surface area (Å²) in [5.41, 5.74) is 5.02. The van der Waals surface area contributed by atoms with Crippen LogP contribution in [0.15, 0.2) is 42.0 Å². The minimum absolute atomic E-state index is 0.151. The zero-order valence-corrected chi connectivity index (χ0v) is 16.9. The van der Waals surface area contributed by atoms with Crippen LogP contribution in [-0.2, 0) is 9.53 Å². The van der Waals surface area contributed by atoms with Gasteiger partial charge in [-0.15, -0.1) is 0 Å². The van der Waals surface area contributed by atoms with Crippen molar-refractivity contribution in [3.8, 4) is 6.07 Å². The van der Waals surface area contributed by atoms with E-state index >= 15 is 0 Å². The summed E-state index contributed by atoms with van der Waals surface area (Å²) in [6.45, 7) is 5.35. The molecule has 2 aromatic carbocycles. The van der Waals surface area contributed by atoms with Crippen LogP contribution in [0.25, 0.3) is 6.08 Å². The second-order valence-electron chi connectivity index (χ2n) is 6.91. The molecule has 2 aromatic rings. The maximum Gasteiger partial charge on any atom is 0.349 e. The Morgan fingerprint density at radius 2 is 1.64 bits per heavy atom. The average Bonchev–Trinajstić information content (AvgIpc) is 2.67. The number of nitrogens with zero attached hydrogens (tertiary/aromatic N) is 2. The summed E-state index contributed by atoms with van der Waals surface area (Å²) in [6, 6.07) is 13.0. The Bertz CT molecular complexity index is 965. The quantitative estimate of drug-likeness (QED) is 0.330. The van der Waals surface area contributed by atoms with Crippen molar-refractivity contribution in [1.82, 2.24) is 0 Å². The molecule has 0 saturated heterocycles. The van der Waals surface area contributed by atoms with Gasteiger partial charge in [0.2, 0.25) is 5.78 Å². The number of carbonyl (C=O) groups excluding carboxylic acids is 2. The van der Waals surface area contributed by atoms with Gasteiger partial charge in [-0.05, 0) is 67.3 Å². The van der Waals surface area contributed by atoms with Gasteiger partial charge in [-0.25, -0.2) is 4.79 Å². The summed E-state index contributed by atoms with van der Waals surface area (Å²) in [4.78, 5) is 26.6. The van der Waals surface area contributed by atoms with Crippen molar-refractivity contribution in [3.63, 3.8) is 0 Å². The van der Waals surface area contributed by atoms with E-state index in [1.165, 1.54) is 6.08 Å². The Morgan fingerprint density at radius 1 is 1.04 bits per heavy atom. The van der Waals surface area contributed by atoms with Crippen molar-refractivity contribution in [2.45, 2.75) is 20.8 Å². The van der Waals surface area contributed by atoms with Crippen molar-refractivity contribution >= 4 is 23.5 Å². The van der Waals surface area contributed by atoms with Crippen LogP contribution in [0.2, 0.25) is 0 Å². The third-order valence-corrected chi connectivity index (χ3v) is 4.54. The molecular formula is C23H24N2O3. The largest absolute Gasteiger partial charge is 0.453 e. The van der Waals surface area contributed by atoms with Gasteiger partial charge < -0.3 is 9.64 Å². The number of rotatable bonds is 6. The molecule has 144 valence electrons. The Balaban J connectivity index is 2.09. The lowest BCUT2D eigenvalue weighted by Gasteiger charge is -2.12. The van der Waals surface area contributed by atoms with Crippen molar-refractivity contribution in [3.05, 3.63) is 69.8 Å². The lowest BCUT2D eigenvalue weighted by molar-refractivity contribution is -0.137. The maximum atomic E-state index is 12.4. The SMILES string of the molecule is Cc1cc(C)c(C(=O)COC(=O)/C(C#N)=C\c2ccc(N(C)C)cc2)cc1C. The van der Waals surface area contributed by atoms with Crippen LogP contribution in [0.3, 0.4) is 0 Å². The predicted molar refractivity (Wildman–Crippen MR) is 110 cm³/mol. The summed E-state index contributed by atoms with van der Waals surface area (Å²) in [7, 11) is 3.86. The molecule has 0 spiro atoms. The second kappa shape index (κ2) is 9.01. The fourth-order valence-electron chi connectivity index (χ4n) is 2.72. The molecule has 0 fully saturated rings. The summed E-state index contributed by atoms with van der Waals surface area (Å²) in [5.74, 6) is -1.10. The highest BCUT2D eigenvalue weighted by molar-refractivity contribution is 6.02. The topological polar surface area (TPSA) is 70.4 Å². The average molecular weight is 376 g/mol. The minimum Gasteiger partial charge on any atom is -0.453 e. The normalized spacial score (nSPS) is 10.9. The van der Waals surface area contributed by atoms with Gasteiger partial charge in [0.1, 0.15) is 11.6 Å². The molecule has 0 radical (unpaired) electrons. The lowest BCUT2D eigenvalue weighted by Crippen LogP contribution is -2.16. The third kappa shape index (κ3) is 5.08. The van der Waals surface area contributed by atoms with Gasteiger partial charge >= 0.3 is 5.97 Å². The first-order valence-electron chi connectivity index (χ1n) is 8.90. The Labute approximate surface area is 165 Å². The van der Waals surface area contributed by atoms with E-state index in [4.69, 9.17) is 4.74 Å². The van der Waals surface area contributed by atoms with E-state index in [0.717, 1.165) is 22.4 Å². The van der Waals surface area contributed by atoms with E-state index < -0.39 is 12.6 Å². The Kier molecular flexibility index (Phi) is 6.73. The van der Waals surface area contributed by atoms with Gasteiger partial charge in [-0.3, -0.25) is 4.79 Å². The van der Waals surface area contributed by atoms with Crippen LogP contribution in [0, 0.1) is 32.1 Å². The number of ether oxygens (including phenoxy) is 1. The number of carbonyl (C=O) groups is 2.